The molecule has 1 aromatic heterocycles. The maximum atomic E-state index is 13.5. The summed E-state index contributed by atoms with van der Waals surface area (Å²) in [6, 6.07) is 12.1. The number of imidazole rings is 1. The topological polar surface area (TPSA) is 105 Å². The van der Waals surface area contributed by atoms with Crippen molar-refractivity contribution in [3.63, 3.8) is 0 Å². The largest absolute Gasteiger partial charge is 0.327 e. The molecule has 2 aliphatic rings. The molecule has 3 amide bonds. The third-order valence-electron chi connectivity index (χ3n) is 6.62. The lowest BCUT2D eigenvalue weighted by Crippen LogP contribution is -2.41. The van der Waals surface area contributed by atoms with Crippen LogP contribution in [0.2, 0.25) is 0 Å². The predicted molar refractivity (Wildman–Crippen MR) is 122 cm³/mol. The van der Waals surface area contributed by atoms with Gasteiger partial charge in [0.15, 0.2) is 0 Å². The zero-order valence-corrected chi connectivity index (χ0v) is 19.5. The summed E-state index contributed by atoms with van der Waals surface area (Å²) in [7, 11) is -0.654. The Kier molecular flexibility index (Phi) is 4.84. The summed E-state index contributed by atoms with van der Waals surface area (Å²) in [5, 5.41) is 2.93. The second-order valence-corrected chi connectivity index (χ2v) is 10.7. The first-order chi connectivity index (χ1) is 15.7. The predicted octanol–water partition coefficient (Wildman–Crippen LogP) is 2.20. The van der Waals surface area contributed by atoms with E-state index >= 15 is 0 Å². The number of aromatic nitrogens is 2. The van der Waals surface area contributed by atoms with E-state index in [2.05, 4.69) is 10.3 Å². The van der Waals surface area contributed by atoms with Gasteiger partial charge in [-0.05, 0) is 49.1 Å². The van der Waals surface area contributed by atoms with Gasteiger partial charge in [0.2, 0.25) is 10.0 Å². The van der Waals surface area contributed by atoms with Crippen molar-refractivity contribution in [2.75, 3.05) is 14.1 Å². The van der Waals surface area contributed by atoms with Crippen LogP contribution in [0.15, 0.2) is 47.4 Å². The molecule has 1 spiro atoms. The number of nitrogens with one attached hydrogen (secondary N) is 1. The Morgan fingerprint density at radius 1 is 1.15 bits per heavy atom. The number of urea groups is 1. The van der Waals surface area contributed by atoms with Crippen molar-refractivity contribution in [2.45, 2.75) is 43.3 Å². The van der Waals surface area contributed by atoms with Gasteiger partial charge < -0.3 is 9.88 Å². The van der Waals surface area contributed by atoms with Gasteiger partial charge in [0, 0.05) is 20.6 Å². The molecule has 1 atom stereocenters. The number of carbonyl (C=O) groups excluding carboxylic acids is 2. The number of aryl methyl sites for hydroxylation is 2. The van der Waals surface area contributed by atoms with Gasteiger partial charge in [-0.3, -0.25) is 9.69 Å². The summed E-state index contributed by atoms with van der Waals surface area (Å²) in [6.07, 6.45) is 1.26. The zero-order valence-electron chi connectivity index (χ0n) is 18.7. The maximum absolute atomic E-state index is 13.5. The van der Waals surface area contributed by atoms with E-state index in [9.17, 15) is 18.0 Å². The fourth-order valence-corrected chi connectivity index (χ4v) is 5.80. The third kappa shape index (κ3) is 3.08. The molecule has 10 heteroatoms. The van der Waals surface area contributed by atoms with Gasteiger partial charge in [-0.1, -0.05) is 24.3 Å². The van der Waals surface area contributed by atoms with Crippen LogP contribution in [-0.4, -0.2) is 53.2 Å². The van der Waals surface area contributed by atoms with E-state index in [1.54, 1.807) is 12.1 Å². The molecular formula is C23H25N5O4S. The average molecular weight is 468 g/mol. The molecule has 0 bridgehead atoms. The van der Waals surface area contributed by atoms with Gasteiger partial charge in [-0.25, -0.2) is 22.5 Å². The van der Waals surface area contributed by atoms with Crippen LogP contribution in [0.3, 0.4) is 0 Å². The van der Waals surface area contributed by atoms with Crippen molar-refractivity contribution in [2.24, 2.45) is 0 Å². The summed E-state index contributed by atoms with van der Waals surface area (Å²) in [5.74, 6) is 0.252. The van der Waals surface area contributed by atoms with Crippen LogP contribution in [0, 0.1) is 0 Å². The summed E-state index contributed by atoms with van der Waals surface area (Å²) in [5.41, 5.74) is 2.15. The number of carbonyl (C=O) groups is 2. The molecule has 2 heterocycles. The fourth-order valence-electron chi connectivity index (χ4n) is 4.88. The highest BCUT2D eigenvalue weighted by molar-refractivity contribution is 7.89. The number of benzene rings is 2. The van der Waals surface area contributed by atoms with Crippen LogP contribution in [-0.2, 0) is 39.9 Å². The third-order valence-corrected chi connectivity index (χ3v) is 8.43. The Balaban J connectivity index is 1.52. The standard InChI is InChI=1S/C23H25N5O4S/c1-4-27-19-10-9-16(33(31,32)26(2)3)13-18(19)24-20(27)14-28-21(29)23(25-22(28)30)12-11-15-7-5-6-8-17(15)23/h5-10,13H,4,11-12,14H2,1-3H3,(H,25,30)/t23-/m1/s1. The van der Waals surface area contributed by atoms with Crippen LogP contribution in [0.4, 0.5) is 4.79 Å². The lowest BCUT2D eigenvalue weighted by atomic mass is 9.92. The molecular weight excluding hydrogens is 442 g/mol. The number of imide groups is 1. The van der Waals surface area contributed by atoms with Crippen molar-refractivity contribution in [3.8, 4) is 0 Å². The number of hydrogen-bond donors (Lipinski definition) is 1. The van der Waals surface area contributed by atoms with Crippen molar-refractivity contribution in [3.05, 3.63) is 59.4 Å². The SMILES string of the molecule is CCn1c(CN2C(=O)N[C@@]3(CCc4ccccc43)C2=O)nc2cc(S(=O)(=O)N(C)C)ccc21. The van der Waals surface area contributed by atoms with Crippen LogP contribution in [0.1, 0.15) is 30.3 Å². The highest BCUT2D eigenvalue weighted by Gasteiger charge is 2.55. The van der Waals surface area contributed by atoms with E-state index in [4.69, 9.17) is 0 Å². The first kappa shape index (κ1) is 21.6. The van der Waals surface area contributed by atoms with Gasteiger partial charge in [0.1, 0.15) is 11.4 Å². The van der Waals surface area contributed by atoms with Crippen LogP contribution in [0.25, 0.3) is 11.0 Å². The molecule has 1 N–H and O–H groups in total. The molecule has 0 radical (unpaired) electrons. The zero-order chi connectivity index (χ0) is 23.5. The summed E-state index contributed by atoms with van der Waals surface area (Å²) < 4.78 is 28.1. The number of nitrogens with zero attached hydrogens (tertiary/aromatic N) is 4. The second kappa shape index (κ2) is 7.39. The van der Waals surface area contributed by atoms with E-state index in [0.29, 0.717) is 24.3 Å². The molecule has 1 aliphatic heterocycles. The highest BCUT2D eigenvalue weighted by Crippen LogP contribution is 2.41. The smallest absolute Gasteiger partial charge is 0.325 e. The lowest BCUT2D eigenvalue weighted by Gasteiger charge is -2.22. The fraction of sp³-hybridized carbons (Fsp3) is 0.348. The summed E-state index contributed by atoms with van der Waals surface area (Å²) in [6.45, 7) is 2.51. The van der Waals surface area contributed by atoms with E-state index in [0.717, 1.165) is 27.4 Å². The van der Waals surface area contributed by atoms with Gasteiger partial charge in [-0.15, -0.1) is 0 Å². The molecule has 2 aromatic carbocycles. The van der Waals surface area contributed by atoms with E-state index < -0.39 is 21.6 Å². The normalized spacial score (nSPS) is 20.3. The molecule has 1 aliphatic carbocycles. The summed E-state index contributed by atoms with van der Waals surface area (Å²) >= 11 is 0. The Hall–Kier alpha value is -3.24. The number of rotatable bonds is 5. The molecule has 1 saturated heterocycles. The highest BCUT2D eigenvalue weighted by atomic mass is 32.2. The molecule has 33 heavy (non-hydrogen) atoms. The molecule has 0 unspecified atom stereocenters. The second-order valence-electron chi connectivity index (χ2n) is 8.59. The minimum atomic E-state index is -3.61. The quantitative estimate of drug-likeness (QED) is 0.580. The van der Waals surface area contributed by atoms with E-state index in [1.807, 2.05) is 35.8 Å². The Bertz CT molecular complexity index is 1410. The first-order valence-corrected chi connectivity index (χ1v) is 12.3. The van der Waals surface area contributed by atoms with Crippen molar-refractivity contribution < 1.29 is 18.0 Å². The maximum Gasteiger partial charge on any atom is 0.325 e. The number of fused-ring (bicyclic) bond motifs is 3. The average Bonchev–Trinajstić information content (AvgIpc) is 3.41. The minimum absolute atomic E-state index is 0.00681. The number of sulfonamides is 1. The summed E-state index contributed by atoms with van der Waals surface area (Å²) in [4.78, 5) is 32.4. The Labute approximate surface area is 192 Å². The van der Waals surface area contributed by atoms with E-state index in [1.165, 1.54) is 25.1 Å². The molecule has 0 saturated carbocycles. The minimum Gasteiger partial charge on any atom is -0.327 e. The van der Waals surface area contributed by atoms with Crippen LogP contribution in [0.5, 0.6) is 0 Å². The number of hydrogen-bond acceptors (Lipinski definition) is 5. The molecule has 1 fully saturated rings. The van der Waals surface area contributed by atoms with Gasteiger partial charge in [0.25, 0.3) is 5.91 Å². The van der Waals surface area contributed by atoms with Gasteiger partial charge in [-0.2, -0.15) is 0 Å². The van der Waals surface area contributed by atoms with Crippen LogP contribution < -0.4 is 5.32 Å². The molecule has 172 valence electrons. The Morgan fingerprint density at radius 3 is 2.64 bits per heavy atom. The molecule has 9 nitrogen and oxygen atoms in total. The van der Waals surface area contributed by atoms with Crippen molar-refractivity contribution in [1.82, 2.24) is 24.1 Å². The first-order valence-electron chi connectivity index (χ1n) is 10.8. The van der Waals surface area contributed by atoms with E-state index in [-0.39, 0.29) is 17.3 Å². The number of amides is 3. The monoisotopic (exact) mass is 467 g/mol. The lowest BCUT2D eigenvalue weighted by molar-refractivity contribution is -0.132. The molecule has 5 rings (SSSR count). The van der Waals surface area contributed by atoms with Crippen molar-refractivity contribution in [1.29, 1.82) is 0 Å². The molecule has 3 aromatic rings. The van der Waals surface area contributed by atoms with Gasteiger partial charge in [0.05, 0.1) is 22.5 Å². The van der Waals surface area contributed by atoms with Crippen LogP contribution >= 0.6 is 0 Å². The van der Waals surface area contributed by atoms with Gasteiger partial charge >= 0.3 is 6.03 Å². The Morgan fingerprint density at radius 2 is 1.91 bits per heavy atom. The van der Waals surface area contributed by atoms with Crippen molar-refractivity contribution >= 4 is 33.0 Å².